The zero-order valence-electron chi connectivity index (χ0n) is 17.5. The van der Waals surface area contributed by atoms with Crippen LogP contribution < -0.4 is 10.2 Å². The molecule has 4 nitrogen and oxygen atoms in total. The molecule has 1 aliphatic carbocycles. The van der Waals surface area contributed by atoms with Gasteiger partial charge >= 0.3 is 0 Å². The molecule has 1 N–H and O–H groups in total. The van der Waals surface area contributed by atoms with Crippen LogP contribution in [0.15, 0.2) is 72.8 Å². The smallest absolute Gasteiger partial charge is 0.274 e. The molecule has 0 saturated heterocycles. The van der Waals surface area contributed by atoms with Crippen molar-refractivity contribution >= 4 is 40.8 Å². The van der Waals surface area contributed by atoms with Crippen molar-refractivity contribution < 1.29 is 14.4 Å². The van der Waals surface area contributed by atoms with Gasteiger partial charge in [0.25, 0.3) is 5.91 Å². The van der Waals surface area contributed by atoms with Gasteiger partial charge in [-0.1, -0.05) is 54.1 Å². The van der Waals surface area contributed by atoms with Gasteiger partial charge in [-0.15, -0.1) is 0 Å². The molecule has 0 saturated carbocycles. The Morgan fingerprint density at radius 1 is 1.06 bits per heavy atom. The molecule has 0 heterocycles. The van der Waals surface area contributed by atoms with Crippen molar-refractivity contribution in [3.63, 3.8) is 0 Å². The van der Waals surface area contributed by atoms with Crippen LogP contribution in [0.3, 0.4) is 0 Å². The predicted octanol–water partition coefficient (Wildman–Crippen LogP) is 6.52. The normalized spacial score (nSPS) is 13.8. The SMILES string of the molecule is C=C1/C(=C/c2cc(Cl)cc(Cl)c2)Cc2cc(OCc3ccc(C(=O)NOC)cc3)ccc21. The van der Waals surface area contributed by atoms with E-state index in [0.29, 0.717) is 22.2 Å². The molecule has 32 heavy (non-hydrogen) atoms. The third-order valence-corrected chi connectivity index (χ3v) is 5.65. The fraction of sp³-hybridized carbons (Fsp3) is 0.115. The Balaban J connectivity index is 1.44. The van der Waals surface area contributed by atoms with Crippen molar-refractivity contribution in [3.05, 3.63) is 111 Å². The average molecular weight is 466 g/mol. The molecule has 4 rings (SSSR count). The Morgan fingerprint density at radius 2 is 1.78 bits per heavy atom. The van der Waals surface area contributed by atoms with E-state index >= 15 is 0 Å². The number of amides is 1. The second kappa shape index (κ2) is 9.61. The van der Waals surface area contributed by atoms with Crippen LogP contribution in [0.25, 0.3) is 11.6 Å². The summed E-state index contributed by atoms with van der Waals surface area (Å²) in [6.07, 6.45) is 2.83. The minimum absolute atomic E-state index is 0.289. The minimum atomic E-state index is -0.289. The summed E-state index contributed by atoms with van der Waals surface area (Å²) < 4.78 is 5.98. The van der Waals surface area contributed by atoms with Crippen LogP contribution in [0.4, 0.5) is 0 Å². The van der Waals surface area contributed by atoms with E-state index in [9.17, 15) is 4.79 Å². The van der Waals surface area contributed by atoms with E-state index in [1.165, 1.54) is 12.7 Å². The largest absolute Gasteiger partial charge is 0.489 e. The van der Waals surface area contributed by atoms with Gasteiger partial charge in [0.05, 0.1) is 7.11 Å². The Kier molecular flexibility index (Phi) is 6.66. The maximum Gasteiger partial charge on any atom is 0.274 e. The van der Waals surface area contributed by atoms with Crippen LogP contribution in [-0.4, -0.2) is 13.0 Å². The number of rotatable bonds is 6. The molecule has 0 aliphatic heterocycles. The van der Waals surface area contributed by atoms with Gasteiger partial charge < -0.3 is 4.74 Å². The molecule has 0 radical (unpaired) electrons. The van der Waals surface area contributed by atoms with Gasteiger partial charge in [-0.05, 0) is 82.3 Å². The zero-order valence-corrected chi connectivity index (χ0v) is 19.0. The number of hydrogen-bond acceptors (Lipinski definition) is 3. The zero-order chi connectivity index (χ0) is 22.7. The van der Waals surface area contributed by atoms with E-state index in [-0.39, 0.29) is 5.91 Å². The number of allylic oxidation sites excluding steroid dienone is 2. The molecular weight excluding hydrogens is 445 g/mol. The molecule has 3 aromatic carbocycles. The first-order valence-electron chi connectivity index (χ1n) is 9.97. The van der Waals surface area contributed by atoms with Gasteiger partial charge in [0.15, 0.2) is 0 Å². The van der Waals surface area contributed by atoms with Crippen LogP contribution in [0.2, 0.25) is 10.0 Å². The standard InChI is InChI=1S/C26H21Cl2NO3/c1-16-20(9-18-10-22(27)14-23(28)11-18)12-21-13-24(7-8-25(16)21)32-15-17-3-5-19(6-4-17)26(30)29-31-2/h3-11,13-14H,1,12,15H2,2H3,(H,29,30)/b20-9+. The van der Waals surface area contributed by atoms with E-state index in [0.717, 1.165) is 40.0 Å². The van der Waals surface area contributed by atoms with Crippen molar-refractivity contribution in [2.45, 2.75) is 13.0 Å². The first kappa shape index (κ1) is 22.2. The minimum Gasteiger partial charge on any atom is -0.489 e. The van der Waals surface area contributed by atoms with Crippen molar-refractivity contribution in [1.29, 1.82) is 0 Å². The highest BCUT2D eigenvalue weighted by Crippen LogP contribution is 2.38. The molecule has 0 aromatic heterocycles. The third-order valence-electron chi connectivity index (χ3n) is 5.21. The highest BCUT2D eigenvalue weighted by atomic mass is 35.5. The number of benzene rings is 3. The van der Waals surface area contributed by atoms with E-state index in [4.69, 9.17) is 27.9 Å². The summed E-state index contributed by atoms with van der Waals surface area (Å²) in [5.74, 6) is 0.493. The van der Waals surface area contributed by atoms with Crippen LogP contribution in [-0.2, 0) is 17.9 Å². The van der Waals surface area contributed by atoms with E-state index in [2.05, 4.69) is 23.0 Å². The lowest BCUT2D eigenvalue weighted by atomic mass is 10.0. The van der Waals surface area contributed by atoms with Crippen LogP contribution >= 0.6 is 23.2 Å². The Bertz CT molecular complexity index is 1200. The highest BCUT2D eigenvalue weighted by molar-refractivity contribution is 6.34. The predicted molar refractivity (Wildman–Crippen MR) is 129 cm³/mol. The summed E-state index contributed by atoms with van der Waals surface area (Å²) in [4.78, 5) is 16.4. The number of halogens is 2. The van der Waals surface area contributed by atoms with E-state index < -0.39 is 0 Å². The quantitative estimate of drug-likeness (QED) is 0.421. The van der Waals surface area contributed by atoms with E-state index in [1.807, 2.05) is 42.5 Å². The lowest BCUT2D eigenvalue weighted by Gasteiger charge is -2.09. The third kappa shape index (κ3) is 5.05. The summed E-state index contributed by atoms with van der Waals surface area (Å²) in [6, 6.07) is 18.7. The maximum atomic E-state index is 11.8. The van der Waals surface area contributed by atoms with Gasteiger partial charge in [0.1, 0.15) is 12.4 Å². The van der Waals surface area contributed by atoms with Gasteiger partial charge in [-0.25, -0.2) is 5.48 Å². The summed E-state index contributed by atoms with van der Waals surface area (Å²) in [5.41, 5.74) is 9.13. The molecule has 162 valence electrons. The number of hydroxylamine groups is 1. The molecule has 6 heteroatoms. The fourth-order valence-electron chi connectivity index (χ4n) is 3.65. The Hall–Kier alpha value is -3.05. The Morgan fingerprint density at radius 3 is 2.47 bits per heavy atom. The summed E-state index contributed by atoms with van der Waals surface area (Å²) >= 11 is 12.3. The van der Waals surface area contributed by atoms with Gasteiger partial charge in [0, 0.05) is 15.6 Å². The molecule has 3 aromatic rings. The van der Waals surface area contributed by atoms with Crippen molar-refractivity contribution in [3.8, 4) is 5.75 Å². The van der Waals surface area contributed by atoms with Crippen LogP contribution in [0.1, 0.15) is 32.6 Å². The fourth-order valence-corrected chi connectivity index (χ4v) is 4.20. The molecule has 1 amide bonds. The number of carbonyl (C=O) groups excluding carboxylic acids is 1. The second-order valence-corrected chi connectivity index (χ2v) is 8.34. The van der Waals surface area contributed by atoms with Crippen LogP contribution in [0, 0.1) is 0 Å². The van der Waals surface area contributed by atoms with Crippen LogP contribution in [0.5, 0.6) is 5.75 Å². The highest BCUT2D eigenvalue weighted by Gasteiger charge is 2.20. The number of carbonyl (C=O) groups is 1. The molecule has 0 unspecified atom stereocenters. The topological polar surface area (TPSA) is 47.6 Å². The number of fused-ring (bicyclic) bond motifs is 1. The van der Waals surface area contributed by atoms with Crippen molar-refractivity contribution in [2.24, 2.45) is 0 Å². The number of hydrogen-bond donors (Lipinski definition) is 1. The van der Waals surface area contributed by atoms with Crippen molar-refractivity contribution in [1.82, 2.24) is 5.48 Å². The number of ether oxygens (including phenoxy) is 1. The molecule has 0 spiro atoms. The first-order chi connectivity index (χ1) is 15.4. The summed E-state index contributed by atoms with van der Waals surface area (Å²) in [5, 5.41) is 1.21. The monoisotopic (exact) mass is 465 g/mol. The van der Waals surface area contributed by atoms with Gasteiger partial charge in [-0.3, -0.25) is 9.63 Å². The molecular formula is C26H21Cl2NO3. The average Bonchev–Trinajstić information content (AvgIpc) is 3.06. The second-order valence-electron chi connectivity index (χ2n) is 7.47. The van der Waals surface area contributed by atoms with Gasteiger partial charge in [0.2, 0.25) is 0 Å². The van der Waals surface area contributed by atoms with E-state index in [1.54, 1.807) is 18.2 Å². The molecule has 0 bridgehead atoms. The van der Waals surface area contributed by atoms with Gasteiger partial charge in [-0.2, -0.15) is 0 Å². The molecule has 0 fully saturated rings. The molecule has 1 aliphatic rings. The number of nitrogens with one attached hydrogen (secondary N) is 1. The summed E-state index contributed by atoms with van der Waals surface area (Å²) in [6.45, 7) is 4.66. The first-order valence-corrected chi connectivity index (χ1v) is 10.7. The van der Waals surface area contributed by atoms with Crippen molar-refractivity contribution in [2.75, 3.05) is 7.11 Å². The maximum absolute atomic E-state index is 11.8. The Labute approximate surface area is 197 Å². The summed E-state index contributed by atoms with van der Waals surface area (Å²) in [7, 11) is 1.40. The molecule has 0 atom stereocenters. The lowest BCUT2D eigenvalue weighted by molar-refractivity contribution is 0.0537. The lowest BCUT2D eigenvalue weighted by Crippen LogP contribution is -2.21.